The molecular weight excluding hydrogens is 282 g/mol. The monoisotopic (exact) mass is 303 g/mol. The Kier molecular flexibility index (Phi) is 4.08. The number of carbonyl (C=O) groups is 1. The predicted octanol–water partition coefficient (Wildman–Crippen LogP) is 0.0268. The van der Waals surface area contributed by atoms with Gasteiger partial charge in [0.25, 0.3) is 5.91 Å². The lowest BCUT2D eigenvalue weighted by atomic mass is 10.1. The zero-order valence-corrected chi connectivity index (χ0v) is 13.0. The Labute approximate surface area is 129 Å². The number of aliphatic hydroxyl groups is 1. The molecular formula is C15H21N5O2. The number of nitrogens with zero attached hydrogens (tertiary/aromatic N) is 5. The van der Waals surface area contributed by atoms with Gasteiger partial charge in [-0.3, -0.25) is 14.4 Å². The number of aromatic nitrogens is 3. The van der Waals surface area contributed by atoms with Crippen molar-refractivity contribution in [1.29, 1.82) is 0 Å². The summed E-state index contributed by atoms with van der Waals surface area (Å²) in [7, 11) is 1.83. The van der Waals surface area contributed by atoms with Crippen molar-refractivity contribution in [2.24, 2.45) is 7.05 Å². The maximum atomic E-state index is 12.8. The summed E-state index contributed by atoms with van der Waals surface area (Å²) in [4.78, 5) is 21.3. The molecule has 0 unspecified atom stereocenters. The Balaban J connectivity index is 1.84. The number of hydrogen-bond donors (Lipinski definition) is 1. The molecule has 3 rings (SSSR count). The Morgan fingerprint density at radius 3 is 2.73 bits per heavy atom. The molecule has 0 aliphatic carbocycles. The molecule has 0 aromatic carbocycles. The van der Waals surface area contributed by atoms with Crippen molar-refractivity contribution in [3.05, 3.63) is 23.5 Å². The number of fused-ring (bicyclic) bond motifs is 1. The largest absolute Gasteiger partial charge is 0.395 e. The van der Waals surface area contributed by atoms with E-state index in [0.29, 0.717) is 25.2 Å². The lowest BCUT2D eigenvalue weighted by molar-refractivity contribution is 0.0616. The molecule has 1 fully saturated rings. The van der Waals surface area contributed by atoms with E-state index >= 15 is 0 Å². The van der Waals surface area contributed by atoms with E-state index in [1.54, 1.807) is 10.9 Å². The van der Waals surface area contributed by atoms with Crippen LogP contribution in [-0.2, 0) is 7.05 Å². The molecule has 0 saturated carbocycles. The van der Waals surface area contributed by atoms with Crippen molar-refractivity contribution in [3.63, 3.8) is 0 Å². The molecule has 7 heteroatoms. The summed E-state index contributed by atoms with van der Waals surface area (Å²) in [5.41, 5.74) is 2.23. The molecule has 1 amide bonds. The average molecular weight is 303 g/mol. The second-order valence-electron chi connectivity index (χ2n) is 5.67. The van der Waals surface area contributed by atoms with Gasteiger partial charge in [-0.2, -0.15) is 5.10 Å². The number of piperazine rings is 1. The molecule has 1 N–H and O–H groups in total. The highest BCUT2D eigenvalue weighted by molar-refractivity contribution is 6.05. The van der Waals surface area contributed by atoms with Crippen LogP contribution >= 0.6 is 0 Å². The highest BCUT2D eigenvalue weighted by Gasteiger charge is 2.24. The van der Waals surface area contributed by atoms with Gasteiger partial charge in [-0.05, 0) is 13.0 Å². The molecule has 1 saturated heterocycles. The molecule has 2 aromatic heterocycles. The number of hydrogen-bond acceptors (Lipinski definition) is 5. The predicted molar refractivity (Wildman–Crippen MR) is 82.7 cm³/mol. The van der Waals surface area contributed by atoms with E-state index < -0.39 is 0 Å². The molecule has 7 nitrogen and oxygen atoms in total. The van der Waals surface area contributed by atoms with E-state index in [9.17, 15) is 4.79 Å². The van der Waals surface area contributed by atoms with E-state index in [-0.39, 0.29) is 12.5 Å². The molecule has 1 aliphatic heterocycles. The Morgan fingerprint density at radius 2 is 2.05 bits per heavy atom. The van der Waals surface area contributed by atoms with E-state index in [4.69, 9.17) is 5.11 Å². The molecule has 3 heterocycles. The summed E-state index contributed by atoms with van der Waals surface area (Å²) in [6.45, 7) is 5.68. The summed E-state index contributed by atoms with van der Waals surface area (Å²) in [5, 5.41) is 14.0. The van der Waals surface area contributed by atoms with E-state index in [1.165, 1.54) is 0 Å². The van der Waals surface area contributed by atoms with Gasteiger partial charge < -0.3 is 10.0 Å². The molecule has 1 aliphatic rings. The number of pyridine rings is 1. The third-order valence-corrected chi connectivity index (χ3v) is 4.14. The molecule has 0 bridgehead atoms. The summed E-state index contributed by atoms with van der Waals surface area (Å²) in [6.07, 6.45) is 1.71. The third kappa shape index (κ3) is 2.69. The topological polar surface area (TPSA) is 74.5 Å². The van der Waals surface area contributed by atoms with E-state index in [2.05, 4.69) is 15.0 Å². The van der Waals surface area contributed by atoms with Crippen molar-refractivity contribution in [2.45, 2.75) is 6.92 Å². The fourth-order valence-electron chi connectivity index (χ4n) is 2.90. The second-order valence-corrected chi connectivity index (χ2v) is 5.67. The fraction of sp³-hybridized carbons (Fsp3) is 0.533. The maximum absolute atomic E-state index is 12.8. The Morgan fingerprint density at radius 1 is 1.32 bits per heavy atom. The number of amides is 1. The standard InChI is InChI=1S/C15H21N5O2/c1-11-9-12(13-10-16-18(2)14(13)17-11)15(22)20-5-3-19(4-6-20)7-8-21/h9-10,21H,3-8H2,1-2H3. The van der Waals surface area contributed by atoms with Crippen LogP contribution in [0.4, 0.5) is 0 Å². The van der Waals surface area contributed by atoms with Crippen LogP contribution in [0.25, 0.3) is 11.0 Å². The van der Waals surface area contributed by atoms with Gasteiger partial charge in [-0.15, -0.1) is 0 Å². The van der Waals surface area contributed by atoms with Crippen molar-refractivity contribution in [2.75, 3.05) is 39.3 Å². The molecule has 0 spiro atoms. The third-order valence-electron chi connectivity index (χ3n) is 4.14. The van der Waals surface area contributed by atoms with Gasteiger partial charge in [0.2, 0.25) is 0 Å². The first kappa shape index (κ1) is 14.9. The van der Waals surface area contributed by atoms with E-state index in [1.807, 2.05) is 24.9 Å². The van der Waals surface area contributed by atoms with Crippen molar-refractivity contribution < 1.29 is 9.90 Å². The smallest absolute Gasteiger partial charge is 0.254 e. The van der Waals surface area contributed by atoms with Gasteiger partial charge in [0.05, 0.1) is 23.8 Å². The van der Waals surface area contributed by atoms with Gasteiger partial charge in [0.1, 0.15) is 0 Å². The van der Waals surface area contributed by atoms with Crippen LogP contribution in [0.5, 0.6) is 0 Å². The normalized spacial score (nSPS) is 16.4. The first-order valence-corrected chi connectivity index (χ1v) is 7.52. The molecule has 0 atom stereocenters. The first-order valence-electron chi connectivity index (χ1n) is 7.52. The van der Waals surface area contributed by atoms with Gasteiger partial charge >= 0.3 is 0 Å². The summed E-state index contributed by atoms with van der Waals surface area (Å²) in [5.74, 6) is 0.0344. The minimum absolute atomic E-state index is 0.0344. The van der Waals surface area contributed by atoms with Crippen LogP contribution in [-0.4, -0.2) is 74.9 Å². The van der Waals surface area contributed by atoms with Gasteiger partial charge in [-0.25, -0.2) is 4.98 Å². The minimum atomic E-state index is 0.0344. The summed E-state index contributed by atoms with van der Waals surface area (Å²) in [6, 6.07) is 1.84. The zero-order valence-electron chi connectivity index (χ0n) is 13.0. The van der Waals surface area contributed by atoms with Gasteiger partial charge in [0.15, 0.2) is 5.65 Å². The second kappa shape index (κ2) is 6.02. The molecule has 2 aromatic rings. The number of rotatable bonds is 3. The summed E-state index contributed by atoms with van der Waals surface area (Å²) >= 11 is 0. The summed E-state index contributed by atoms with van der Waals surface area (Å²) < 4.78 is 1.69. The fourth-order valence-corrected chi connectivity index (χ4v) is 2.90. The van der Waals surface area contributed by atoms with Gasteiger partial charge in [-0.1, -0.05) is 0 Å². The van der Waals surface area contributed by atoms with Crippen LogP contribution in [0.3, 0.4) is 0 Å². The quantitative estimate of drug-likeness (QED) is 0.866. The lowest BCUT2D eigenvalue weighted by Crippen LogP contribution is -2.49. The van der Waals surface area contributed by atoms with Crippen molar-refractivity contribution in [1.82, 2.24) is 24.6 Å². The number of carbonyl (C=O) groups excluding carboxylic acids is 1. The minimum Gasteiger partial charge on any atom is -0.395 e. The number of aryl methyl sites for hydroxylation is 2. The van der Waals surface area contributed by atoms with Crippen LogP contribution < -0.4 is 0 Å². The van der Waals surface area contributed by atoms with Crippen molar-refractivity contribution in [3.8, 4) is 0 Å². The molecule has 0 radical (unpaired) electrons. The van der Waals surface area contributed by atoms with Crippen LogP contribution in [0.1, 0.15) is 16.1 Å². The highest BCUT2D eigenvalue weighted by Crippen LogP contribution is 2.20. The van der Waals surface area contributed by atoms with Crippen LogP contribution in [0.2, 0.25) is 0 Å². The zero-order chi connectivity index (χ0) is 15.7. The first-order chi connectivity index (χ1) is 10.6. The van der Waals surface area contributed by atoms with Gasteiger partial charge in [0, 0.05) is 45.5 Å². The average Bonchev–Trinajstić information content (AvgIpc) is 2.88. The van der Waals surface area contributed by atoms with Crippen LogP contribution in [0, 0.1) is 6.92 Å². The number of aliphatic hydroxyl groups excluding tert-OH is 1. The number of β-amino-alcohol motifs (C(OH)–C–C–N with tert-alkyl or cyclic N) is 1. The van der Waals surface area contributed by atoms with Crippen LogP contribution in [0.15, 0.2) is 12.3 Å². The van der Waals surface area contributed by atoms with E-state index in [0.717, 1.165) is 29.8 Å². The molecule has 22 heavy (non-hydrogen) atoms. The molecule has 118 valence electrons. The lowest BCUT2D eigenvalue weighted by Gasteiger charge is -2.34. The van der Waals surface area contributed by atoms with Crippen molar-refractivity contribution >= 4 is 16.9 Å². The Bertz CT molecular complexity index is 689. The Hall–Kier alpha value is -1.99. The SMILES string of the molecule is Cc1cc(C(=O)N2CCN(CCO)CC2)c2cnn(C)c2n1. The highest BCUT2D eigenvalue weighted by atomic mass is 16.3. The maximum Gasteiger partial charge on any atom is 0.254 e.